The largest absolute Gasteiger partial charge is 0.450 e. The fourth-order valence-corrected chi connectivity index (χ4v) is 5.02. The fourth-order valence-electron chi connectivity index (χ4n) is 4.72. The lowest BCUT2D eigenvalue weighted by Gasteiger charge is -2.16. The molecular formula is C24H26ClN9O. The summed E-state index contributed by atoms with van der Waals surface area (Å²) in [4.78, 5) is 22.5. The highest BCUT2D eigenvalue weighted by atomic mass is 35.5. The number of aromatic nitrogens is 5. The molecule has 2 aliphatic rings. The number of anilines is 2. The van der Waals surface area contributed by atoms with Gasteiger partial charge in [-0.05, 0) is 38.2 Å². The zero-order valence-electron chi connectivity index (χ0n) is 19.8. The molecule has 3 aromatic rings. The number of fused-ring (bicyclic) bond motifs is 1. The first kappa shape index (κ1) is 23.0. The molecule has 4 heterocycles. The Labute approximate surface area is 207 Å². The van der Waals surface area contributed by atoms with Crippen LogP contribution in [0.1, 0.15) is 48.6 Å². The molecule has 5 rings (SSSR count). The molecule has 3 N–H and O–H groups in total. The van der Waals surface area contributed by atoms with E-state index in [1.165, 1.54) is 37.4 Å². The van der Waals surface area contributed by atoms with E-state index in [9.17, 15) is 0 Å². The van der Waals surface area contributed by atoms with E-state index in [1.807, 2.05) is 20.9 Å². The fraction of sp³-hybridized carbons (Fsp3) is 0.333. The Balaban J connectivity index is 1.45. The maximum atomic E-state index is 7.72. The lowest BCUT2D eigenvalue weighted by Crippen LogP contribution is -2.15. The summed E-state index contributed by atoms with van der Waals surface area (Å²) in [6.45, 7) is 4.09. The topological polar surface area (TPSA) is 126 Å². The van der Waals surface area contributed by atoms with E-state index in [0.717, 1.165) is 17.6 Å². The second-order valence-electron chi connectivity index (χ2n) is 8.60. The quantitative estimate of drug-likeness (QED) is 0.333. The monoisotopic (exact) mass is 491 g/mol. The third kappa shape index (κ3) is 4.37. The number of imidazole rings is 1. The summed E-state index contributed by atoms with van der Waals surface area (Å²) in [6, 6.07) is 0. The first-order valence-corrected chi connectivity index (χ1v) is 11.8. The molecule has 0 spiro atoms. The molecule has 0 atom stereocenters. The Morgan fingerprint density at radius 2 is 1.97 bits per heavy atom. The van der Waals surface area contributed by atoms with Crippen molar-refractivity contribution in [2.45, 2.75) is 45.4 Å². The Hall–Kier alpha value is -3.79. The van der Waals surface area contributed by atoms with E-state index in [2.05, 4.69) is 25.6 Å². The van der Waals surface area contributed by atoms with Crippen LogP contribution in [-0.2, 0) is 7.05 Å². The molecule has 10 nitrogen and oxygen atoms in total. The van der Waals surface area contributed by atoms with Crippen LogP contribution in [0.3, 0.4) is 0 Å². The van der Waals surface area contributed by atoms with Gasteiger partial charge in [-0.15, -0.1) is 0 Å². The van der Waals surface area contributed by atoms with Gasteiger partial charge in [0.25, 0.3) is 0 Å². The predicted molar refractivity (Wildman–Crippen MR) is 137 cm³/mol. The molecule has 3 aromatic heterocycles. The van der Waals surface area contributed by atoms with E-state index < -0.39 is 0 Å². The molecule has 1 fully saturated rings. The van der Waals surface area contributed by atoms with Crippen molar-refractivity contribution < 1.29 is 4.74 Å². The summed E-state index contributed by atoms with van der Waals surface area (Å²) in [6.07, 6.45) is 12.3. The highest BCUT2D eigenvalue weighted by Gasteiger charge is 2.23. The van der Waals surface area contributed by atoms with Crippen LogP contribution in [0, 0.1) is 19.3 Å². The number of hydrogen-bond acceptors (Lipinski definition) is 9. The van der Waals surface area contributed by atoms with Gasteiger partial charge in [-0.1, -0.05) is 24.4 Å². The van der Waals surface area contributed by atoms with E-state index in [4.69, 9.17) is 31.7 Å². The summed E-state index contributed by atoms with van der Waals surface area (Å²) < 4.78 is 7.67. The SMILES string of the molecule is Cc1nc(Nc2nc3ncc(O/C(C=N)=C4\C=NC=CN4)c(Cl)c3n2C)nc(C)c1C1CCCC1. The average Bonchev–Trinajstić information content (AvgIpc) is 3.48. The van der Waals surface area contributed by atoms with Gasteiger partial charge in [0.2, 0.25) is 11.9 Å². The summed E-state index contributed by atoms with van der Waals surface area (Å²) in [5.41, 5.74) is 4.84. The van der Waals surface area contributed by atoms with Crippen LogP contribution in [0.4, 0.5) is 11.9 Å². The second-order valence-corrected chi connectivity index (χ2v) is 8.98. The number of hydrogen-bond donors (Lipinski definition) is 3. The number of halogens is 1. The number of aliphatic imine (C=N–C) groups is 1. The Morgan fingerprint density at radius 1 is 1.23 bits per heavy atom. The van der Waals surface area contributed by atoms with Gasteiger partial charge >= 0.3 is 0 Å². The number of allylic oxidation sites excluding steroid dienone is 2. The van der Waals surface area contributed by atoms with Crippen LogP contribution in [0.5, 0.6) is 5.75 Å². The van der Waals surface area contributed by atoms with Crippen LogP contribution >= 0.6 is 11.6 Å². The van der Waals surface area contributed by atoms with E-state index >= 15 is 0 Å². The van der Waals surface area contributed by atoms with Gasteiger partial charge in [0.1, 0.15) is 16.2 Å². The van der Waals surface area contributed by atoms with E-state index in [0.29, 0.717) is 45.4 Å². The van der Waals surface area contributed by atoms with Gasteiger partial charge in [0.15, 0.2) is 17.2 Å². The number of pyridine rings is 1. The molecule has 0 bridgehead atoms. The lowest BCUT2D eigenvalue weighted by atomic mass is 9.95. The molecule has 0 aromatic carbocycles. The highest BCUT2D eigenvalue weighted by Crippen LogP contribution is 2.37. The first-order chi connectivity index (χ1) is 17.0. The minimum Gasteiger partial charge on any atom is -0.450 e. The zero-order valence-corrected chi connectivity index (χ0v) is 20.5. The summed E-state index contributed by atoms with van der Waals surface area (Å²) in [5, 5.41) is 14.3. The maximum Gasteiger partial charge on any atom is 0.229 e. The number of nitrogens with one attached hydrogen (secondary N) is 3. The van der Waals surface area contributed by atoms with Crippen LogP contribution in [0.25, 0.3) is 11.2 Å². The molecule has 35 heavy (non-hydrogen) atoms. The van der Waals surface area contributed by atoms with Crippen molar-refractivity contribution in [3.05, 3.63) is 52.0 Å². The zero-order chi connectivity index (χ0) is 24.5. The average molecular weight is 492 g/mol. The Morgan fingerprint density at radius 3 is 2.63 bits per heavy atom. The smallest absolute Gasteiger partial charge is 0.229 e. The molecule has 1 aliphatic carbocycles. The van der Waals surface area contributed by atoms with Gasteiger partial charge in [-0.3, -0.25) is 10.3 Å². The number of ether oxygens (including phenoxy) is 1. The van der Waals surface area contributed by atoms with Gasteiger partial charge < -0.3 is 20.0 Å². The predicted octanol–water partition coefficient (Wildman–Crippen LogP) is 4.81. The van der Waals surface area contributed by atoms with Gasteiger partial charge in [-0.2, -0.15) is 4.98 Å². The normalized spacial score (nSPS) is 17.0. The number of rotatable bonds is 6. The minimum atomic E-state index is 0.253. The van der Waals surface area contributed by atoms with E-state index in [-0.39, 0.29) is 5.76 Å². The standard InChI is InChI=1S/C24H26ClN9O/c1-13-19(15-6-4-5-7-15)14(2)31-23(30-13)33-24-32-22-21(34(24)3)20(25)18(12-29-22)35-17(10-26)16-11-27-8-9-28-16/h8-12,15,26,28H,4-7H2,1-3H3,(H,29,30,31,32,33)/b17-16+,26-10?. The minimum absolute atomic E-state index is 0.253. The number of aryl methyl sites for hydroxylation is 3. The van der Waals surface area contributed by atoms with Crippen LogP contribution in [0.15, 0.2) is 35.0 Å². The van der Waals surface area contributed by atoms with Crippen molar-refractivity contribution in [1.82, 2.24) is 29.8 Å². The Kier molecular flexibility index (Phi) is 6.21. The molecule has 0 amide bonds. The number of nitrogens with zero attached hydrogens (tertiary/aromatic N) is 6. The molecule has 0 saturated heterocycles. The molecule has 0 unspecified atom stereocenters. The van der Waals surface area contributed by atoms with Crippen molar-refractivity contribution in [1.29, 1.82) is 5.41 Å². The maximum absolute atomic E-state index is 7.72. The highest BCUT2D eigenvalue weighted by molar-refractivity contribution is 6.36. The summed E-state index contributed by atoms with van der Waals surface area (Å²) >= 11 is 6.70. The first-order valence-electron chi connectivity index (χ1n) is 11.5. The molecule has 0 radical (unpaired) electrons. The van der Waals surface area contributed by atoms with Crippen molar-refractivity contribution in [2.75, 3.05) is 5.32 Å². The second kappa shape index (κ2) is 9.46. The summed E-state index contributed by atoms with van der Waals surface area (Å²) in [7, 11) is 1.83. The van der Waals surface area contributed by atoms with Gasteiger partial charge in [-0.25, -0.2) is 15.0 Å². The van der Waals surface area contributed by atoms with Gasteiger partial charge in [0.05, 0.1) is 18.6 Å². The molecule has 11 heteroatoms. The summed E-state index contributed by atoms with van der Waals surface area (Å²) in [5.74, 6) is 2.10. The van der Waals surface area contributed by atoms with Crippen LogP contribution in [-0.4, -0.2) is 36.9 Å². The lowest BCUT2D eigenvalue weighted by molar-refractivity contribution is 0.449. The molecule has 1 aliphatic heterocycles. The van der Waals surface area contributed by atoms with Crippen molar-refractivity contribution in [3.63, 3.8) is 0 Å². The van der Waals surface area contributed by atoms with Crippen molar-refractivity contribution in [2.24, 2.45) is 12.0 Å². The third-order valence-corrected chi connectivity index (χ3v) is 6.70. The van der Waals surface area contributed by atoms with Crippen LogP contribution < -0.4 is 15.4 Å². The molecular weight excluding hydrogens is 466 g/mol. The van der Waals surface area contributed by atoms with Crippen molar-refractivity contribution >= 4 is 47.1 Å². The van der Waals surface area contributed by atoms with Gasteiger partial charge in [0, 0.05) is 30.8 Å². The van der Waals surface area contributed by atoms with Crippen molar-refractivity contribution in [3.8, 4) is 5.75 Å². The molecule has 1 saturated carbocycles. The Bertz CT molecular complexity index is 1380. The molecule has 180 valence electrons. The van der Waals surface area contributed by atoms with E-state index in [1.54, 1.807) is 23.2 Å². The third-order valence-electron chi connectivity index (χ3n) is 6.34. The van der Waals surface area contributed by atoms with Crippen LogP contribution in [0.2, 0.25) is 5.02 Å².